The van der Waals surface area contributed by atoms with Crippen LogP contribution >= 0.6 is 11.6 Å². The second-order valence-electron chi connectivity index (χ2n) is 4.86. The molecule has 0 spiro atoms. The Hall–Kier alpha value is -2.27. The van der Waals surface area contributed by atoms with E-state index in [4.69, 9.17) is 11.6 Å². The summed E-state index contributed by atoms with van der Waals surface area (Å²) in [4.78, 5) is 0. The van der Waals surface area contributed by atoms with E-state index in [9.17, 15) is 13.2 Å². The van der Waals surface area contributed by atoms with Gasteiger partial charge in [0, 0.05) is 0 Å². The third kappa shape index (κ3) is 5.14. The van der Waals surface area contributed by atoms with Crippen molar-refractivity contribution in [2.45, 2.75) is 13.1 Å². The number of alkyl halides is 3. The lowest BCUT2D eigenvalue weighted by atomic mass is 10.1. The molecule has 0 bridgehead atoms. The molecule has 0 radical (unpaired) electrons. The average Bonchev–Trinajstić information content (AvgIpc) is 2.49. The van der Waals surface area contributed by atoms with Crippen LogP contribution in [0.3, 0.4) is 0 Å². The Labute approximate surface area is 137 Å². The number of halogens is 4. The molecule has 6 heteroatoms. The fraction of sp³-hybridized carbons (Fsp3) is 0.118. The first kappa shape index (κ1) is 17.1. The first-order chi connectivity index (χ1) is 10.9. The number of hydrogen-bond donors (Lipinski definition) is 1. The van der Waals surface area contributed by atoms with Crippen LogP contribution in [0.25, 0.3) is 6.08 Å². The summed E-state index contributed by atoms with van der Waals surface area (Å²) < 4.78 is 38.0. The highest BCUT2D eigenvalue weighted by Crippen LogP contribution is 2.33. The molecular weight excluding hydrogens is 325 g/mol. The fourth-order valence-corrected chi connectivity index (χ4v) is 2.00. The lowest BCUT2D eigenvalue weighted by Crippen LogP contribution is -2.05. The van der Waals surface area contributed by atoms with Crippen LogP contribution in [0, 0.1) is 0 Å². The third-order valence-corrected chi connectivity index (χ3v) is 3.27. The van der Waals surface area contributed by atoms with E-state index in [2.05, 4.69) is 10.5 Å². The Morgan fingerprint density at radius 2 is 1.83 bits per heavy atom. The molecule has 120 valence electrons. The number of nitrogens with one attached hydrogen (secondary N) is 1. The van der Waals surface area contributed by atoms with Crippen LogP contribution in [0.4, 0.5) is 18.9 Å². The van der Waals surface area contributed by atoms with Crippen molar-refractivity contribution in [1.82, 2.24) is 0 Å². The molecule has 0 fully saturated rings. The molecule has 1 N–H and O–H groups in total. The maximum Gasteiger partial charge on any atom is 0.416 e. The highest BCUT2D eigenvalue weighted by molar-refractivity contribution is 6.33. The third-order valence-electron chi connectivity index (χ3n) is 2.94. The van der Waals surface area contributed by atoms with Crippen molar-refractivity contribution in [2.24, 2.45) is 5.10 Å². The summed E-state index contributed by atoms with van der Waals surface area (Å²) in [5.74, 6) is 0. The van der Waals surface area contributed by atoms with E-state index in [1.54, 1.807) is 0 Å². The van der Waals surface area contributed by atoms with Crippen LogP contribution in [0.1, 0.15) is 18.1 Å². The predicted molar refractivity (Wildman–Crippen MR) is 88.7 cm³/mol. The summed E-state index contributed by atoms with van der Waals surface area (Å²) in [5, 5.41) is 4.09. The van der Waals surface area contributed by atoms with Gasteiger partial charge in [-0.3, -0.25) is 5.43 Å². The second-order valence-corrected chi connectivity index (χ2v) is 5.27. The highest BCUT2D eigenvalue weighted by atomic mass is 35.5. The first-order valence-corrected chi connectivity index (χ1v) is 7.13. The molecule has 23 heavy (non-hydrogen) atoms. The molecule has 0 heterocycles. The van der Waals surface area contributed by atoms with E-state index in [1.807, 2.05) is 43.3 Å². The van der Waals surface area contributed by atoms with Gasteiger partial charge < -0.3 is 0 Å². The van der Waals surface area contributed by atoms with Gasteiger partial charge in [-0.05, 0) is 36.3 Å². The van der Waals surface area contributed by atoms with E-state index in [1.165, 1.54) is 12.3 Å². The van der Waals surface area contributed by atoms with Crippen molar-refractivity contribution in [1.29, 1.82) is 0 Å². The van der Waals surface area contributed by atoms with Gasteiger partial charge in [0.15, 0.2) is 0 Å². The number of anilines is 1. The summed E-state index contributed by atoms with van der Waals surface area (Å²) in [6.45, 7) is 1.84. The molecule has 2 nitrogen and oxygen atoms in total. The minimum atomic E-state index is -4.42. The van der Waals surface area contributed by atoms with Gasteiger partial charge >= 0.3 is 6.18 Å². The molecule has 2 rings (SSSR count). The van der Waals surface area contributed by atoms with Crippen LogP contribution < -0.4 is 5.43 Å². The number of allylic oxidation sites excluding steroid dienone is 1. The minimum Gasteiger partial charge on any atom is -0.277 e. The number of hydrogen-bond acceptors (Lipinski definition) is 2. The zero-order valence-electron chi connectivity index (χ0n) is 12.2. The number of nitrogens with zero attached hydrogens (tertiary/aromatic N) is 1. The standard InChI is InChI=1S/C17H14ClF3N2/c1-12(9-13-5-3-2-4-6-13)11-22-23-16-10-14(17(19,20)21)7-8-15(16)18/h2-11,23H,1H3/b12-9-,22-11+. The Bertz CT molecular complexity index is 722. The summed E-state index contributed by atoms with van der Waals surface area (Å²) in [6, 6.07) is 12.7. The molecule has 0 aliphatic rings. The van der Waals surface area contributed by atoms with Crippen molar-refractivity contribution in [3.8, 4) is 0 Å². The molecule has 2 aromatic rings. The molecule has 0 amide bonds. The maximum absolute atomic E-state index is 12.7. The largest absolute Gasteiger partial charge is 0.416 e. The summed E-state index contributed by atoms with van der Waals surface area (Å²) in [5.41, 5.74) is 3.71. The molecule has 0 unspecified atom stereocenters. The Balaban J connectivity index is 2.10. The van der Waals surface area contributed by atoms with Crippen LogP contribution in [-0.4, -0.2) is 6.21 Å². The van der Waals surface area contributed by atoms with Gasteiger partial charge in [0.25, 0.3) is 0 Å². The van der Waals surface area contributed by atoms with Crippen molar-refractivity contribution in [3.05, 3.63) is 70.3 Å². The number of benzene rings is 2. The highest BCUT2D eigenvalue weighted by Gasteiger charge is 2.30. The lowest BCUT2D eigenvalue weighted by molar-refractivity contribution is -0.137. The Kier molecular flexibility index (Phi) is 5.45. The molecule has 0 saturated carbocycles. The van der Waals surface area contributed by atoms with Gasteiger partial charge in [0.05, 0.1) is 22.5 Å². The van der Waals surface area contributed by atoms with Crippen molar-refractivity contribution in [2.75, 3.05) is 5.43 Å². The molecule has 0 aliphatic carbocycles. The smallest absolute Gasteiger partial charge is 0.277 e. The molecule has 2 aromatic carbocycles. The molecule has 0 saturated heterocycles. The van der Waals surface area contributed by atoms with Gasteiger partial charge in [0.2, 0.25) is 0 Å². The van der Waals surface area contributed by atoms with Gasteiger partial charge in [-0.15, -0.1) is 0 Å². The van der Waals surface area contributed by atoms with Crippen molar-refractivity contribution in [3.63, 3.8) is 0 Å². The zero-order chi connectivity index (χ0) is 16.9. The quantitative estimate of drug-likeness (QED) is 0.548. The van der Waals surface area contributed by atoms with Gasteiger partial charge in [-0.1, -0.05) is 48.0 Å². The molecule has 0 aromatic heterocycles. The SMILES string of the molecule is CC(=C/c1ccccc1)/C=N/Nc1cc(C(F)(F)F)ccc1Cl. The van der Waals surface area contributed by atoms with E-state index < -0.39 is 11.7 Å². The first-order valence-electron chi connectivity index (χ1n) is 6.75. The second kappa shape index (κ2) is 7.33. The van der Waals surface area contributed by atoms with Gasteiger partial charge in [-0.25, -0.2) is 0 Å². The van der Waals surface area contributed by atoms with Crippen LogP contribution in [0.15, 0.2) is 59.2 Å². The van der Waals surface area contributed by atoms with E-state index in [0.717, 1.165) is 23.3 Å². The average molecular weight is 339 g/mol. The normalized spacial score (nSPS) is 12.7. The van der Waals surface area contributed by atoms with E-state index in [-0.39, 0.29) is 10.7 Å². The van der Waals surface area contributed by atoms with Crippen LogP contribution in [-0.2, 0) is 6.18 Å². The molecular formula is C17H14ClF3N2. The van der Waals surface area contributed by atoms with Crippen LogP contribution in [0.2, 0.25) is 5.02 Å². The minimum absolute atomic E-state index is 0.102. The Morgan fingerprint density at radius 1 is 1.13 bits per heavy atom. The zero-order valence-corrected chi connectivity index (χ0v) is 13.0. The van der Waals surface area contributed by atoms with E-state index in [0.29, 0.717) is 0 Å². The summed E-state index contributed by atoms with van der Waals surface area (Å²) >= 11 is 5.87. The topological polar surface area (TPSA) is 24.4 Å². The van der Waals surface area contributed by atoms with Crippen molar-refractivity contribution >= 4 is 29.6 Å². The lowest BCUT2D eigenvalue weighted by Gasteiger charge is -2.09. The Morgan fingerprint density at radius 3 is 2.48 bits per heavy atom. The molecule has 0 aliphatic heterocycles. The fourth-order valence-electron chi connectivity index (χ4n) is 1.84. The number of hydrazone groups is 1. The summed E-state index contributed by atoms with van der Waals surface area (Å²) in [7, 11) is 0. The van der Waals surface area contributed by atoms with Gasteiger partial charge in [0.1, 0.15) is 0 Å². The van der Waals surface area contributed by atoms with Crippen LogP contribution in [0.5, 0.6) is 0 Å². The summed E-state index contributed by atoms with van der Waals surface area (Å²) in [6.07, 6.45) is -1.00. The number of rotatable bonds is 4. The molecule has 0 atom stereocenters. The van der Waals surface area contributed by atoms with E-state index >= 15 is 0 Å². The monoisotopic (exact) mass is 338 g/mol. The predicted octanol–water partition coefficient (Wildman–Crippen LogP) is 5.86. The van der Waals surface area contributed by atoms with Crippen molar-refractivity contribution < 1.29 is 13.2 Å². The maximum atomic E-state index is 12.7. The van der Waals surface area contributed by atoms with Gasteiger partial charge in [-0.2, -0.15) is 18.3 Å².